The van der Waals surface area contributed by atoms with Crippen LogP contribution >= 0.6 is 0 Å². The first-order valence-electron chi connectivity index (χ1n) is 8.57. The van der Waals surface area contributed by atoms with Gasteiger partial charge in [0.05, 0.1) is 26.4 Å². The van der Waals surface area contributed by atoms with Crippen LogP contribution < -0.4 is 14.4 Å². The second kappa shape index (κ2) is 9.57. The molecule has 4 nitrogen and oxygen atoms in total. The molecule has 0 atom stereocenters. The Morgan fingerprint density at radius 3 is 2.23 bits per heavy atom. The minimum absolute atomic E-state index is 0.743. The van der Waals surface area contributed by atoms with Crippen molar-refractivity contribution in [2.24, 2.45) is 0 Å². The largest absolute Gasteiger partial charge is 0.490 e. The normalized spacial score (nSPS) is 14.9. The quantitative estimate of drug-likeness (QED) is 0.648. The van der Waals surface area contributed by atoms with E-state index in [1.54, 1.807) is 0 Å². The number of anilines is 1. The lowest BCUT2D eigenvalue weighted by Crippen LogP contribution is -2.36. The minimum atomic E-state index is 0.743. The van der Waals surface area contributed by atoms with Crippen LogP contribution in [0.2, 0.25) is 0 Å². The molecule has 124 valence electrons. The van der Waals surface area contributed by atoms with Crippen LogP contribution in [0, 0.1) is 0 Å². The zero-order chi connectivity index (χ0) is 15.6. The Balaban J connectivity index is 2.06. The van der Waals surface area contributed by atoms with E-state index in [2.05, 4.69) is 30.9 Å². The van der Waals surface area contributed by atoms with Crippen LogP contribution in [0.3, 0.4) is 0 Å². The van der Waals surface area contributed by atoms with Crippen LogP contribution in [0.15, 0.2) is 18.2 Å². The van der Waals surface area contributed by atoms with Gasteiger partial charge in [0.15, 0.2) is 11.5 Å². The molecule has 1 aliphatic heterocycles. The molecule has 2 rings (SSSR count). The third-order valence-corrected chi connectivity index (χ3v) is 3.81. The molecule has 4 heteroatoms. The zero-order valence-electron chi connectivity index (χ0n) is 14.0. The first-order chi connectivity index (χ1) is 10.8. The Morgan fingerprint density at radius 2 is 1.59 bits per heavy atom. The highest BCUT2D eigenvalue weighted by molar-refractivity contribution is 5.56. The zero-order valence-corrected chi connectivity index (χ0v) is 14.0. The van der Waals surface area contributed by atoms with Gasteiger partial charge in [-0.05, 0) is 25.0 Å². The average molecular weight is 307 g/mol. The molecule has 0 unspecified atom stereocenters. The fourth-order valence-corrected chi connectivity index (χ4v) is 2.40. The summed E-state index contributed by atoms with van der Waals surface area (Å²) < 4.78 is 17.3. The predicted molar refractivity (Wildman–Crippen MR) is 90.3 cm³/mol. The van der Waals surface area contributed by atoms with Crippen molar-refractivity contribution in [2.45, 2.75) is 39.5 Å². The van der Waals surface area contributed by atoms with Crippen LogP contribution in [0.4, 0.5) is 5.69 Å². The molecule has 1 fully saturated rings. The van der Waals surface area contributed by atoms with E-state index in [0.717, 1.165) is 76.7 Å². The van der Waals surface area contributed by atoms with E-state index in [9.17, 15) is 0 Å². The minimum Gasteiger partial charge on any atom is -0.490 e. The third kappa shape index (κ3) is 5.09. The highest BCUT2D eigenvalue weighted by atomic mass is 16.5. The number of hydrogen-bond acceptors (Lipinski definition) is 4. The molecular formula is C18H29NO3. The molecule has 1 saturated heterocycles. The molecular weight excluding hydrogens is 278 g/mol. The summed E-state index contributed by atoms with van der Waals surface area (Å²) in [7, 11) is 0. The summed E-state index contributed by atoms with van der Waals surface area (Å²) in [6, 6.07) is 6.28. The Morgan fingerprint density at radius 1 is 0.955 bits per heavy atom. The number of ether oxygens (including phenoxy) is 3. The molecule has 1 aromatic rings. The number of hydrogen-bond donors (Lipinski definition) is 0. The van der Waals surface area contributed by atoms with E-state index >= 15 is 0 Å². The molecule has 1 aliphatic rings. The summed E-state index contributed by atoms with van der Waals surface area (Å²) in [5.41, 5.74) is 1.19. The van der Waals surface area contributed by atoms with E-state index in [-0.39, 0.29) is 0 Å². The van der Waals surface area contributed by atoms with Gasteiger partial charge in [-0.25, -0.2) is 0 Å². The first kappa shape index (κ1) is 16.9. The Kier molecular flexibility index (Phi) is 7.37. The van der Waals surface area contributed by atoms with E-state index in [1.807, 2.05) is 6.07 Å². The maximum Gasteiger partial charge on any atom is 0.163 e. The third-order valence-electron chi connectivity index (χ3n) is 3.81. The van der Waals surface area contributed by atoms with Crippen molar-refractivity contribution in [3.05, 3.63) is 18.2 Å². The molecule has 0 aliphatic carbocycles. The summed E-state index contributed by atoms with van der Waals surface area (Å²) in [4.78, 5) is 2.34. The summed E-state index contributed by atoms with van der Waals surface area (Å²) in [6.45, 7) is 9.29. The summed E-state index contributed by atoms with van der Waals surface area (Å²) in [6.07, 6.45) is 4.41. The molecule has 22 heavy (non-hydrogen) atoms. The van der Waals surface area contributed by atoms with Crippen LogP contribution in [-0.2, 0) is 4.74 Å². The SMILES string of the molecule is CCCCOc1ccc(N2CCOCC2)cc1OCCCC. The van der Waals surface area contributed by atoms with E-state index < -0.39 is 0 Å². The fourth-order valence-electron chi connectivity index (χ4n) is 2.40. The lowest BCUT2D eigenvalue weighted by atomic mass is 10.2. The second-order valence-electron chi connectivity index (χ2n) is 5.63. The van der Waals surface area contributed by atoms with Gasteiger partial charge in [0.25, 0.3) is 0 Å². The smallest absolute Gasteiger partial charge is 0.163 e. The van der Waals surface area contributed by atoms with Crippen LogP contribution in [0.1, 0.15) is 39.5 Å². The molecule has 0 radical (unpaired) electrons. The van der Waals surface area contributed by atoms with Crippen molar-refractivity contribution in [2.75, 3.05) is 44.4 Å². The number of rotatable bonds is 9. The molecule has 1 aromatic carbocycles. The molecule has 0 aromatic heterocycles. The molecule has 1 heterocycles. The standard InChI is InChI=1S/C18H29NO3/c1-3-5-11-21-17-8-7-16(19-9-13-20-14-10-19)15-18(17)22-12-6-4-2/h7-8,15H,3-6,9-14H2,1-2H3. The second-order valence-corrected chi connectivity index (χ2v) is 5.63. The summed E-state index contributed by atoms with van der Waals surface area (Å²) >= 11 is 0. The Hall–Kier alpha value is -1.42. The first-order valence-corrected chi connectivity index (χ1v) is 8.57. The van der Waals surface area contributed by atoms with Gasteiger partial charge in [0, 0.05) is 24.8 Å². The van der Waals surface area contributed by atoms with Crippen LogP contribution in [0.25, 0.3) is 0 Å². The number of nitrogens with zero attached hydrogens (tertiary/aromatic N) is 1. The van der Waals surface area contributed by atoms with Gasteiger partial charge in [0.1, 0.15) is 0 Å². The molecule has 0 N–H and O–H groups in total. The highest BCUT2D eigenvalue weighted by Gasteiger charge is 2.14. The maximum absolute atomic E-state index is 5.96. The topological polar surface area (TPSA) is 30.9 Å². The highest BCUT2D eigenvalue weighted by Crippen LogP contribution is 2.32. The molecule has 0 bridgehead atoms. The number of benzene rings is 1. The summed E-state index contributed by atoms with van der Waals surface area (Å²) in [5.74, 6) is 1.73. The van der Waals surface area contributed by atoms with Crippen molar-refractivity contribution in [3.63, 3.8) is 0 Å². The van der Waals surface area contributed by atoms with E-state index in [4.69, 9.17) is 14.2 Å². The van der Waals surface area contributed by atoms with Gasteiger partial charge in [-0.15, -0.1) is 0 Å². The van der Waals surface area contributed by atoms with E-state index in [1.165, 1.54) is 5.69 Å². The van der Waals surface area contributed by atoms with Crippen molar-refractivity contribution < 1.29 is 14.2 Å². The average Bonchev–Trinajstić information content (AvgIpc) is 2.57. The molecule has 0 amide bonds. The Bertz CT molecular complexity index is 430. The lowest BCUT2D eigenvalue weighted by Gasteiger charge is -2.29. The lowest BCUT2D eigenvalue weighted by molar-refractivity contribution is 0.122. The van der Waals surface area contributed by atoms with Crippen molar-refractivity contribution in [3.8, 4) is 11.5 Å². The molecule has 0 spiro atoms. The van der Waals surface area contributed by atoms with Gasteiger partial charge in [-0.1, -0.05) is 26.7 Å². The van der Waals surface area contributed by atoms with E-state index in [0.29, 0.717) is 0 Å². The van der Waals surface area contributed by atoms with Gasteiger partial charge in [-0.2, -0.15) is 0 Å². The van der Waals surface area contributed by atoms with Crippen molar-refractivity contribution in [1.29, 1.82) is 0 Å². The van der Waals surface area contributed by atoms with Gasteiger partial charge in [-0.3, -0.25) is 0 Å². The molecule has 0 saturated carbocycles. The fraction of sp³-hybridized carbons (Fsp3) is 0.667. The Labute approximate surface area is 134 Å². The maximum atomic E-state index is 5.96. The van der Waals surface area contributed by atoms with Crippen molar-refractivity contribution >= 4 is 5.69 Å². The predicted octanol–water partition coefficient (Wildman–Crippen LogP) is 3.88. The number of morpholine rings is 1. The summed E-state index contributed by atoms with van der Waals surface area (Å²) in [5, 5.41) is 0. The van der Waals surface area contributed by atoms with Gasteiger partial charge >= 0.3 is 0 Å². The van der Waals surface area contributed by atoms with Gasteiger partial charge in [0.2, 0.25) is 0 Å². The van der Waals surface area contributed by atoms with Gasteiger partial charge < -0.3 is 19.1 Å². The van der Waals surface area contributed by atoms with Crippen molar-refractivity contribution in [1.82, 2.24) is 0 Å². The monoisotopic (exact) mass is 307 g/mol. The van der Waals surface area contributed by atoms with Crippen LogP contribution in [0.5, 0.6) is 11.5 Å². The van der Waals surface area contributed by atoms with Crippen LogP contribution in [-0.4, -0.2) is 39.5 Å². The number of unbranched alkanes of at least 4 members (excludes halogenated alkanes) is 2.